The van der Waals surface area contributed by atoms with Gasteiger partial charge in [0, 0.05) is 30.9 Å². The van der Waals surface area contributed by atoms with E-state index in [-0.39, 0.29) is 18.6 Å². The van der Waals surface area contributed by atoms with Gasteiger partial charge in [0.2, 0.25) is 0 Å². The van der Waals surface area contributed by atoms with Crippen molar-refractivity contribution in [3.05, 3.63) is 35.5 Å². The highest BCUT2D eigenvalue weighted by Gasteiger charge is 2.19. The number of rotatable bonds is 1. The molecule has 0 aliphatic carbocycles. The van der Waals surface area contributed by atoms with Crippen molar-refractivity contribution in [1.29, 1.82) is 0 Å². The third-order valence-corrected chi connectivity index (χ3v) is 4.10. The molecule has 10 nitrogen and oxygen atoms in total. The predicted octanol–water partition coefficient (Wildman–Crippen LogP) is 1.26. The molecule has 0 spiro atoms. The monoisotopic (exact) mass is 368 g/mol. The smallest absolute Gasteiger partial charge is 0.271 e. The van der Waals surface area contributed by atoms with Crippen molar-refractivity contribution >= 4 is 28.9 Å². The molecule has 27 heavy (non-hydrogen) atoms. The molecule has 1 aliphatic rings. The number of ether oxygens (including phenoxy) is 1. The Hall–Kier alpha value is -3.27. The Morgan fingerprint density at radius 1 is 1.30 bits per heavy atom. The number of aryl methyl sites for hydroxylation is 1. The molecular formula is C17H20N8O2. The van der Waals surface area contributed by atoms with Crippen LogP contribution in [0.5, 0.6) is 0 Å². The van der Waals surface area contributed by atoms with Gasteiger partial charge in [-0.05, 0) is 13.8 Å². The Labute approximate surface area is 155 Å². The van der Waals surface area contributed by atoms with E-state index in [1.54, 1.807) is 7.05 Å². The summed E-state index contributed by atoms with van der Waals surface area (Å²) in [6.07, 6.45) is 1.51. The van der Waals surface area contributed by atoms with Gasteiger partial charge in [-0.3, -0.25) is 4.79 Å². The molecule has 4 bridgehead atoms. The molecule has 1 atom stereocenters. The fourth-order valence-corrected chi connectivity index (χ4v) is 2.92. The van der Waals surface area contributed by atoms with Gasteiger partial charge in [0.05, 0.1) is 18.5 Å². The van der Waals surface area contributed by atoms with E-state index in [1.807, 2.05) is 26.0 Å². The van der Waals surface area contributed by atoms with Gasteiger partial charge >= 0.3 is 0 Å². The summed E-state index contributed by atoms with van der Waals surface area (Å²) in [7, 11) is 1.79. The summed E-state index contributed by atoms with van der Waals surface area (Å²) in [5, 5.41) is 13.7. The van der Waals surface area contributed by atoms with Crippen LogP contribution in [-0.4, -0.2) is 50.2 Å². The minimum absolute atomic E-state index is 0.194. The average Bonchev–Trinajstić information content (AvgIpc) is 3.04. The molecule has 0 saturated heterocycles. The third-order valence-electron chi connectivity index (χ3n) is 4.10. The van der Waals surface area contributed by atoms with Gasteiger partial charge in [0.25, 0.3) is 5.91 Å². The lowest BCUT2D eigenvalue weighted by molar-refractivity contribution is 0.0799. The topological polar surface area (TPSA) is 118 Å². The van der Waals surface area contributed by atoms with Gasteiger partial charge in [-0.15, -0.1) is 5.10 Å². The summed E-state index contributed by atoms with van der Waals surface area (Å²) >= 11 is 0. The lowest BCUT2D eigenvalue weighted by Gasteiger charge is -2.16. The minimum atomic E-state index is -0.270. The van der Waals surface area contributed by atoms with E-state index < -0.39 is 0 Å². The van der Waals surface area contributed by atoms with Crippen molar-refractivity contribution in [3.63, 3.8) is 0 Å². The van der Waals surface area contributed by atoms with E-state index in [2.05, 4.69) is 36.0 Å². The van der Waals surface area contributed by atoms with Gasteiger partial charge in [-0.25, -0.2) is 19.5 Å². The summed E-state index contributed by atoms with van der Waals surface area (Å²) in [6.45, 7) is 4.35. The molecule has 0 fully saturated rings. The van der Waals surface area contributed by atoms with Crippen LogP contribution in [0, 0.1) is 6.92 Å². The first-order valence-corrected chi connectivity index (χ1v) is 8.60. The summed E-state index contributed by atoms with van der Waals surface area (Å²) < 4.78 is 7.17. The SMILES string of the molecule is CNc1cc2nn3c(cnc13)C(=O)N[C@H](C)COCc1nc(C)cc(n1)N2. The second-order valence-corrected chi connectivity index (χ2v) is 6.40. The van der Waals surface area contributed by atoms with Gasteiger partial charge in [-0.2, -0.15) is 0 Å². The van der Waals surface area contributed by atoms with Crippen LogP contribution in [-0.2, 0) is 11.3 Å². The number of anilines is 3. The largest absolute Gasteiger partial charge is 0.385 e. The molecular weight excluding hydrogens is 348 g/mol. The van der Waals surface area contributed by atoms with E-state index in [4.69, 9.17) is 4.74 Å². The number of carbonyl (C=O) groups excluding carboxylic acids is 1. The van der Waals surface area contributed by atoms with Crippen LogP contribution in [0.15, 0.2) is 18.3 Å². The maximum absolute atomic E-state index is 12.6. The van der Waals surface area contributed by atoms with E-state index in [0.29, 0.717) is 35.4 Å². The molecule has 0 unspecified atom stereocenters. The second kappa shape index (κ2) is 6.80. The van der Waals surface area contributed by atoms with Crippen LogP contribution in [0.1, 0.15) is 28.9 Å². The fourth-order valence-electron chi connectivity index (χ4n) is 2.92. The molecule has 3 aromatic heterocycles. The van der Waals surface area contributed by atoms with Crippen molar-refractivity contribution < 1.29 is 9.53 Å². The summed E-state index contributed by atoms with van der Waals surface area (Å²) in [5.41, 5.74) is 2.45. The Bertz CT molecular complexity index is 1020. The molecule has 4 heterocycles. The van der Waals surface area contributed by atoms with Crippen LogP contribution in [0.25, 0.3) is 5.65 Å². The summed E-state index contributed by atoms with van der Waals surface area (Å²) in [6, 6.07) is 3.44. The Balaban J connectivity index is 1.87. The normalized spacial score (nSPS) is 17.3. The maximum atomic E-state index is 12.6. The highest BCUT2D eigenvalue weighted by molar-refractivity contribution is 5.94. The minimum Gasteiger partial charge on any atom is -0.385 e. The number of amides is 1. The third kappa shape index (κ3) is 3.38. The van der Waals surface area contributed by atoms with E-state index in [9.17, 15) is 4.79 Å². The van der Waals surface area contributed by atoms with Gasteiger partial charge in [0.15, 0.2) is 23.0 Å². The molecule has 4 rings (SSSR count). The zero-order chi connectivity index (χ0) is 19.0. The summed E-state index contributed by atoms with van der Waals surface area (Å²) in [5.74, 6) is 1.42. The maximum Gasteiger partial charge on any atom is 0.271 e. The van der Waals surface area contributed by atoms with E-state index in [1.165, 1.54) is 10.7 Å². The average molecular weight is 368 g/mol. The number of nitrogens with one attached hydrogen (secondary N) is 3. The van der Waals surface area contributed by atoms with Crippen molar-refractivity contribution in [2.75, 3.05) is 24.3 Å². The quantitative estimate of drug-likeness (QED) is 0.587. The number of fused-ring (bicyclic) bond motifs is 3. The second-order valence-electron chi connectivity index (χ2n) is 6.40. The molecule has 0 radical (unpaired) electrons. The molecule has 0 aromatic carbocycles. The molecule has 3 N–H and O–H groups in total. The number of hydrogen-bond acceptors (Lipinski definition) is 8. The number of nitrogens with zero attached hydrogens (tertiary/aromatic N) is 5. The van der Waals surface area contributed by atoms with Gasteiger partial charge < -0.3 is 20.7 Å². The Kier molecular flexibility index (Phi) is 4.32. The zero-order valence-electron chi connectivity index (χ0n) is 15.3. The molecule has 1 amide bonds. The van der Waals surface area contributed by atoms with Crippen LogP contribution < -0.4 is 16.0 Å². The number of aromatic nitrogens is 5. The summed E-state index contributed by atoms with van der Waals surface area (Å²) in [4.78, 5) is 25.9. The van der Waals surface area contributed by atoms with Gasteiger partial charge in [-0.1, -0.05) is 0 Å². The zero-order valence-corrected chi connectivity index (χ0v) is 15.3. The van der Waals surface area contributed by atoms with Gasteiger partial charge in [0.1, 0.15) is 12.4 Å². The lowest BCUT2D eigenvalue weighted by Crippen LogP contribution is -2.36. The van der Waals surface area contributed by atoms with Crippen LogP contribution in [0.2, 0.25) is 0 Å². The first-order valence-electron chi connectivity index (χ1n) is 8.60. The van der Waals surface area contributed by atoms with Crippen LogP contribution >= 0.6 is 0 Å². The highest BCUT2D eigenvalue weighted by atomic mass is 16.5. The highest BCUT2D eigenvalue weighted by Crippen LogP contribution is 2.22. The van der Waals surface area contributed by atoms with Crippen molar-refractivity contribution in [2.24, 2.45) is 0 Å². The van der Waals surface area contributed by atoms with Crippen molar-refractivity contribution in [3.8, 4) is 0 Å². The van der Waals surface area contributed by atoms with E-state index >= 15 is 0 Å². The lowest BCUT2D eigenvalue weighted by atomic mass is 10.3. The van der Waals surface area contributed by atoms with Crippen LogP contribution in [0.3, 0.4) is 0 Å². The van der Waals surface area contributed by atoms with Crippen LogP contribution in [0.4, 0.5) is 17.3 Å². The number of imidazole rings is 1. The molecule has 3 aromatic rings. The molecule has 140 valence electrons. The first kappa shape index (κ1) is 17.2. The standard InChI is InChI=1S/C17H20N8O2/c1-9-4-13-22-14-5-11(18-3)16-19-6-12(25(16)24-14)17(26)21-10(2)7-27-8-15(20-9)23-13/h4-6,10,18H,7-8H2,1-3H3,(H,21,26)(H,20,22,23,24)/t10-/m1/s1. The molecule has 0 saturated carbocycles. The Morgan fingerprint density at radius 3 is 2.96 bits per heavy atom. The fraction of sp³-hybridized carbons (Fsp3) is 0.353. The van der Waals surface area contributed by atoms with Crippen molar-refractivity contribution in [1.82, 2.24) is 29.9 Å². The molecule has 1 aliphatic heterocycles. The van der Waals surface area contributed by atoms with Crippen molar-refractivity contribution in [2.45, 2.75) is 26.5 Å². The first-order chi connectivity index (χ1) is 13.0. The molecule has 10 heteroatoms. The Morgan fingerprint density at radius 2 is 2.15 bits per heavy atom. The van der Waals surface area contributed by atoms with E-state index in [0.717, 1.165) is 11.4 Å². The number of hydrogen-bond donors (Lipinski definition) is 3. The predicted molar refractivity (Wildman–Crippen MR) is 99.2 cm³/mol. The number of carbonyl (C=O) groups is 1.